The third-order valence-electron chi connectivity index (χ3n) is 5.84. The smallest absolute Gasteiger partial charge is 0.247 e. The molecule has 34 heavy (non-hydrogen) atoms. The number of nitriles is 1. The van der Waals surface area contributed by atoms with Crippen molar-refractivity contribution >= 4 is 56.5 Å². The first kappa shape index (κ1) is 22.4. The zero-order chi connectivity index (χ0) is 23.5. The zero-order valence-electron chi connectivity index (χ0n) is 18.4. The fraction of sp³-hybridized carbons (Fsp3) is 0.231. The highest BCUT2D eigenvalue weighted by Gasteiger charge is 2.40. The van der Waals surface area contributed by atoms with E-state index in [1.54, 1.807) is 4.90 Å². The van der Waals surface area contributed by atoms with Gasteiger partial charge in [0.1, 0.15) is 16.3 Å². The number of carbonyl (C=O) groups is 2. The average Bonchev–Trinajstić information content (AvgIpc) is 3.36. The van der Waals surface area contributed by atoms with Gasteiger partial charge in [0.2, 0.25) is 11.8 Å². The summed E-state index contributed by atoms with van der Waals surface area (Å²) in [6.07, 6.45) is 4.02. The molecule has 0 bridgehead atoms. The number of thioether (sulfide) groups is 1. The zero-order valence-corrected chi connectivity index (χ0v) is 20.0. The predicted molar refractivity (Wildman–Crippen MR) is 138 cm³/mol. The van der Waals surface area contributed by atoms with Crippen molar-refractivity contribution in [3.63, 3.8) is 0 Å². The number of hydrogen-bond donors (Lipinski definition) is 1. The number of nitrogens with zero attached hydrogens (tertiary/aromatic N) is 3. The minimum atomic E-state index is -0.595. The standard InChI is InChI=1S/C26H22N4O2S2/c27-16-20-19-13-7-8-14-21(19)33-24(20)29-23(31)15-22-25(32)30(18-11-5-2-6-12-18)26(34-22)28-17-9-3-1-4-10-17/h1-6,9-12,22H,7-8,13-15H2,(H,29,31). The van der Waals surface area contributed by atoms with Gasteiger partial charge in [-0.1, -0.05) is 48.2 Å². The summed E-state index contributed by atoms with van der Waals surface area (Å²) in [5, 5.41) is 13.1. The van der Waals surface area contributed by atoms with E-state index in [0.717, 1.165) is 42.6 Å². The molecule has 1 N–H and O–H groups in total. The number of amides is 2. The highest BCUT2D eigenvalue weighted by atomic mass is 32.2. The van der Waals surface area contributed by atoms with Gasteiger partial charge in [0, 0.05) is 11.3 Å². The van der Waals surface area contributed by atoms with E-state index < -0.39 is 5.25 Å². The van der Waals surface area contributed by atoms with Gasteiger partial charge in [-0.2, -0.15) is 5.26 Å². The van der Waals surface area contributed by atoms with Crippen LogP contribution in [0.1, 0.15) is 35.3 Å². The first-order valence-electron chi connectivity index (χ1n) is 11.2. The Bertz CT molecular complexity index is 1300. The molecule has 2 aliphatic rings. The number of para-hydroxylation sites is 2. The Morgan fingerprint density at radius 1 is 1.09 bits per heavy atom. The van der Waals surface area contributed by atoms with Crippen LogP contribution < -0.4 is 10.2 Å². The van der Waals surface area contributed by atoms with Gasteiger partial charge in [0.15, 0.2) is 5.17 Å². The number of carbonyl (C=O) groups excluding carboxylic acids is 2. The molecule has 0 spiro atoms. The second-order valence-electron chi connectivity index (χ2n) is 8.12. The van der Waals surface area contributed by atoms with Crippen molar-refractivity contribution < 1.29 is 9.59 Å². The van der Waals surface area contributed by atoms with Crippen molar-refractivity contribution in [3.8, 4) is 6.07 Å². The van der Waals surface area contributed by atoms with Gasteiger partial charge in [-0.15, -0.1) is 11.3 Å². The lowest BCUT2D eigenvalue weighted by Gasteiger charge is -2.16. The summed E-state index contributed by atoms with van der Waals surface area (Å²) >= 11 is 2.79. The Kier molecular flexibility index (Phi) is 6.48. The van der Waals surface area contributed by atoms with Crippen LogP contribution in [0.2, 0.25) is 0 Å². The molecule has 0 saturated carbocycles. The van der Waals surface area contributed by atoms with Gasteiger partial charge >= 0.3 is 0 Å². The number of anilines is 2. The SMILES string of the molecule is N#Cc1c(NC(=O)CC2SC(=Nc3ccccc3)N(c3ccccc3)C2=O)sc2c1CCCC2. The summed E-state index contributed by atoms with van der Waals surface area (Å²) in [5.74, 6) is -0.443. The topological polar surface area (TPSA) is 85.6 Å². The number of thiophene rings is 1. The van der Waals surface area contributed by atoms with E-state index in [9.17, 15) is 14.9 Å². The fourth-order valence-corrected chi connectivity index (χ4v) is 6.63. The number of rotatable bonds is 5. The van der Waals surface area contributed by atoms with Crippen molar-refractivity contribution in [1.29, 1.82) is 5.26 Å². The van der Waals surface area contributed by atoms with Crippen LogP contribution in [0.15, 0.2) is 65.7 Å². The monoisotopic (exact) mass is 486 g/mol. The first-order valence-corrected chi connectivity index (χ1v) is 12.9. The number of aliphatic imine (C=N–C) groups is 1. The van der Waals surface area contributed by atoms with Gasteiger partial charge < -0.3 is 5.32 Å². The van der Waals surface area contributed by atoms with Crippen molar-refractivity contribution in [3.05, 3.63) is 76.7 Å². The summed E-state index contributed by atoms with van der Waals surface area (Å²) in [6, 6.07) is 21.1. The lowest BCUT2D eigenvalue weighted by molar-refractivity contribution is -0.121. The molecule has 1 unspecified atom stereocenters. The van der Waals surface area contributed by atoms with Gasteiger partial charge in [-0.05, 0) is 55.5 Å². The van der Waals surface area contributed by atoms with Crippen LogP contribution >= 0.6 is 23.1 Å². The summed E-state index contributed by atoms with van der Waals surface area (Å²) in [5.41, 5.74) is 3.12. The second-order valence-corrected chi connectivity index (χ2v) is 10.4. The average molecular weight is 487 g/mol. The number of aryl methyl sites for hydroxylation is 1. The Hall–Kier alpha value is -3.41. The summed E-state index contributed by atoms with van der Waals surface area (Å²) in [7, 11) is 0. The van der Waals surface area contributed by atoms with Crippen LogP contribution in [-0.4, -0.2) is 22.2 Å². The lowest BCUT2D eigenvalue weighted by Crippen LogP contribution is -2.33. The predicted octanol–water partition coefficient (Wildman–Crippen LogP) is 5.66. The maximum absolute atomic E-state index is 13.4. The molecule has 1 aliphatic heterocycles. The molecular weight excluding hydrogens is 464 g/mol. The Morgan fingerprint density at radius 3 is 2.53 bits per heavy atom. The van der Waals surface area contributed by atoms with E-state index in [2.05, 4.69) is 11.4 Å². The van der Waals surface area contributed by atoms with E-state index in [4.69, 9.17) is 4.99 Å². The third-order valence-corrected chi connectivity index (χ3v) is 8.18. The highest BCUT2D eigenvalue weighted by Crippen LogP contribution is 2.39. The summed E-state index contributed by atoms with van der Waals surface area (Å²) in [6.45, 7) is 0. The van der Waals surface area contributed by atoms with Gasteiger partial charge in [-0.25, -0.2) is 4.99 Å². The Labute approximate surface area is 206 Å². The minimum absolute atomic E-state index is 0.00801. The van der Waals surface area contributed by atoms with E-state index in [0.29, 0.717) is 15.7 Å². The second kappa shape index (κ2) is 9.84. The fourth-order valence-electron chi connectivity index (χ4n) is 4.22. The summed E-state index contributed by atoms with van der Waals surface area (Å²) < 4.78 is 0. The van der Waals surface area contributed by atoms with Crippen LogP contribution in [0.4, 0.5) is 16.4 Å². The van der Waals surface area contributed by atoms with Gasteiger partial charge in [0.25, 0.3) is 0 Å². The van der Waals surface area contributed by atoms with Crippen LogP contribution in [0, 0.1) is 11.3 Å². The molecule has 170 valence electrons. The molecule has 1 aromatic heterocycles. The van der Waals surface area contributed by atoms with Crippen LogP contribution in [-0.2, 0) is 22.4 Å². The molecule has 5 rings (SSSR count). The Morgan fingerprint density at radius 2 is 1.79 bits per heavy atom. The van der Waals surface area contributed by atoms with Crippen molar-refractivity contribution in [2.24, 2.45) is 4.99 Å². The molecule has 1 fully saturated rings. The molecule has 2 amide bonds. The molecule has 6 nitrogen and oxygen atoms in total. The Balaban J connectivity index is 1.37. The largest absolute Gasteiger partial charge is 0.317 e. The molecule has 3 aromatic rings. The van der Waals surface area contributed by atoms with Crippen molar-refractivity contribution in [2.45, 2.75) is 37.4 Å². The number of nitrogens with one attached hydrogen (secondary N) is 1. The minimum Gasteiger partial charge on any atom is -0.317 e. The van der Waals surface area contributed by atoms with Crippen LogP contribution in [0.5, 0.6) is 0 Å². The molecule has 2 heterocycles. The van der Waals surface area contributed by atoms with Gasteiger partial charge in [0.05, 0.1) is 16.9 Å². The van der Waals surface area contributed by atoms with E-state index in [-0.39, 0.29) is 18.2 Å². The molecule has 2 aromatic carbocycles. The summed E-state index contributed by atoms with van der Waals surface area (Å²) in [4.78, 5) is 33.8. The van der Waals surface area contributed by atoms with Crippen LogP contribution in [0.25, 0.3) is 0 Å². The van der Waals surface area contributed by atoms with Gasteiger partial charge in [-0.3, -0.25) is 14.5 Å². The number of hydrogen-bond acceptors (Lipinski definition) is 6. The molecule has 8 heteroatoms. The molecule has 1 atom stereocenters. The lowest BCUT2D eigenvalue weighted by atomic mass is 9.96. The number of fused-ring (bicyclic) bond motifs is 1. The normalized spacial score (nSPS) is 18.6. The third kappa shape index (κ3) is 4.49. The first-order chi connectivity index (χ1) is 16.6. The maximum Gasteiger partial charge on any atom is 0.247 e. The van der Waals surface area contributed by atoms with E-state index in [1.165, 1.54) is 28.0 Å². The molecule has 0 radical (unpaired) electrons. The number of amidine groups is 1. The number of benzene rings is 2. The quantitative estimate of drug-likeness (QED) is 0.504. The molecular formula is C26H22N4O2S2. The van der Waals surface area contributed by atoms with E-state index in [1.807, 2.05) is 60.7 Å². The van der Waals surface area contributed by atoms with Crippen molar-refractivity contribution in [1.82, 2.24) is 0 Å². The van der Waals surface area contributed by atoms with E-state index >= 15 is 0 Å². The maximum atomic E-state index is 13.4. The highest BCUT2D eigenvalue weighted by molar-refractivity contribution is 8.16. The van der Waals surface area contributed by atoms with Crippen molar-refractivity contribution in [2.75, 3.05) is 10.2 Å². The molecule has 1 aliphatic carbocycles. The van der Waals surface area contributed by atoms with Crippen LogP contribution in [0.3, 0.4) is 0 Å². The molecule has 1 saturated heterocycles.